The van der Waals surface area contributed by atoms with Crippen molar-refractivity contribution in [3.05, 3.63) is 52.6 Å². The van der Waals surface area contributed by atoms with Gasteiger partial charge < -0.3 is 15.0 Å². The van der Waals surface area contributed by atoms with E-state index in [4.69, 9.17) is 4.74 Å². The van der Waals surface area contributed by atoms with Crippen LogP contribution in [0.3, 0.4) is 0 Å². The number of ether oxygens (including phenoxy) is 1. The fraction of sp³-hybridized carbons (Fsp3) is 0.0833. The fourth-order valence-electron chi connectivity index (χ4n) is 1.33. The van der Waals surface area contributed by atoms with Crippen LogP contribution in [0, 0.1) is 0 Å². The van der Waals surface area contributed by atoms with Crippen molar-refractivity contribution in [2.45, 2.75) is 0 Å². The van der Waals surface area contributed by atoms with Gasteiger partial charge in [-0.15, -0.1) is 0 Å². The lowest BCUT2D eigenvalue weighted by Crippen LogP contribution is -2.14. The highest BCUT2D eigenvalue weighted by Crippen LogP contribution is 2.11. The quantitative estimate of drug-likeness (QED) is 0.845. The molecule has 92 valence electrons. The molecular formula is C12H11N3O3. The molecule has 0 aromatic carbocycles. The van der Waals surface area contributed by atoms with Crippen molar-refractivity contribution in [2.24, 2.45) is 0 Å². The van der Waals surface area contributed by atoms with Crippen molar-refractivity contribution in [3.63, 3.8) is 0 Å². The second-order valence-corrected chi connectivity index (χ2v) is 3.48. The summed E-state index contributed by atoms with van der Waals surface area (Å²) in [5, 5.41) is 2.65. The van der Waals surface area contributed by atoms with Crippen molar-refractivity contribution in [2.75, 3.05) is 12.4 Å². The highest BCUT2D eigenvalue weighted by atomic mass is 16.5. The van der Waals surface area contributed by atoms with E-state index in [9.17, 15) is 9.59 Å². The molecule has 0 fully saturated rings. The average molecular weight is 245 g/mol. The Morgan fingerprint density at radius 3 is 2.72 bits per heavy atom. The molecule has 1 amide bonds. The van der Waals surface area contributed by atoms with Gasteiger partial charge in [0.25, 0.3) is 5.91 Å². The molecule has 0 aliphatic rings. The number of hydrogen-bond donors (Lipinski definition) is 2. The molecule has 6 nitrogen and oxygen atoms in total. The number of nitrogens with zero attached hydrogens (tertiary/aromatic N) is 1. The Balaban J connectivity index is 2.10. The third-order valence-corrected chi connectivity index (χ3v) is 2.25. The van der Waals surface area contributed by atoms with Crippen LogP contribution < -0.4 is 15.6 Å². The Labute approximate surface area is 103 Å². The number of aromatic amines is 1. The van der Waals surface area contributed by atoms with E-state index >= 15 is 0 Å². The number of pyridine rings is 2. The van der Waals surface area contributed by atoms with Crippen molar-refractivity contribution in [1.29, 1.82) is 0 Å². The van der Waals surface area contributed by atoms with Gasteiger partial charge in [-0.3, -0.25) is 9.59 Å². The molecule has 2 N–H and O–H groups in total. The molecule has 0 saturated carbocycles. The number of anilines is 1. The predicted molar refractivity (Wildman–Crippen MR) is 65.8 cm³/mol. The molecule has 0 bridgehead atoms. The van der Waals surface area contributed by atoms with E-state index in [0.717, 1.165) is 0 Å². The highest BCUT2D eigenvalue weighted by Gasteiger charge is 2.06. The number of carbonyl (C=O) groups excluding carboxylic acids is 1. The second-order valence-electron chi connectivity index (χ2n) is 3.48. The summed E-state index contributed by atoms with van der Waals surface area (Å²) >= 11 is 0. The molecule has 0 unspecified atom stereocenters. The maximum Gasteiger partial charge on any atom is 0.257 e. The summed E-state index contributed by atoms with van der Waals surface area (Å²) in [6.45, 7) is 0. The molecule has 0 atom stereocenters. The van der Waals surface area contributed by atoms with E-state index < -0.39 is 0 Å². The number of hydrogen-bond acceptors (Lipinski definition) is 4. The number of amides is 1. The van der Waals surface area contributed by atoms with Crippen molar-refractivity contribution < 1.29 is 9.53 Å². The Hall–Kier alpha value is -2.63. The lowest BCUT2D eigenvalue weighted by Gasteiger charge is -2.05. The van der Waals surface area contributed by atoms with Gasteiger partial charge in [-0.05, 0) is 12.1 Å². The zero-order chi connectivity index (χ0) is 13.0. The van der Waals surface area contributed by atoms with Crippen LogP contribution in [0.15, 0.2) is 41.5 Å². The van der Waals surface area contributed by atoms with E-state index in [0.29, 0.717) is 17.1 Å². The van der Waals surface area contributed by atoms with Gasteiger partial charge in [0.2, 0.25) is 11.4 Å². The molecular weight excluding hydrogens is 234 g/mol. The summed E-state index contributed by atoms with van der Waals surface area (Å²) in [4.78, 5) is 29.0. The summed E-state index contributed by atoms with van der Waals surface area (Å²) < 4.78 is 4.91. The number of aromatic nitrogens is 2. The number of methoxy groups -OCH3 is 1. The maximum absolute atomic E-state index is 11.8. The molecule has 6 heteroatoms. The van der Waals surface area contributed by atoms with Crippen LogP contribution in [-0.4, -0.2) is 23.0 Å². The first kappa shape index (κ1) is 11.8. The number of rotatable bonds is 3. The Morgan fingerprint density at radius 2 is 2.17 bits per heavy atom. The molecule has 0 spiro atoms. The Kier molecular flexibility index (Phi) is 3.38. The lowest BCUT2D eigenvalue weighted by atomic mass is 10.2. The van der Waals surface area contributed by atoms with Crippen molar-refractivity contribution in [3.8, 4) is 5.88 Å². The summed E-state index contributed by atoms with van der Waals surface area (Å²) in [6, 6.07) is 6.06. The minimum Gasteiger partial charge on any atom is -0.481 e. The fourth-order valence-corrected chi connectivity index (χ4v) is 1.33. The third kappa shape index (κ3) is 2.73. The van der Waals surface area contributed by atoms with E-state index in [1.807, 2.05) is 0 Å². The average Bonchev–Trinajstić information content (AvgIpc) is 2.40. The van der Waals surface area contributed by atoms with Gasteiger partial charge in [0.05, 0.1) is 24.6 Å². The van der Waals surface area contributed by atoms with Crippen LogP contribution in [0.1, 0.15) is 10.4 Å². The highest BCUT2D eigenvalue weighted by molar-refractivity contribution is 6.03. The van der Waals surface area contributed by atoms with Crippen LogP contribution in [0.25, 0.3) is 0 Å². The van der Waals surface area contributed by atoms with E-state index in [-0.39, 0.29) is 11.5 Å². The van der Waals surface area contributed by atoms with Crippen molar-refractivity contribution in [1.82, 2.24) is 9.97 Å². The smallest absolute Gasteiger partial charge is 0.257 e. The first-order valence-electron chi connectivity index (χ1n) is 5.19. The third-order valence-electron chi connectivity index (χ3n) is 2.25. The summed E-state index contributed by atoms with van der Waals surface area (Å²) in [5.74, 6) is 0.148. The van der Waals surface area contributed by atoms with E-state index in [2.05, 4.69) is 15.3 Å². The van der Waals surface area contributed by atoms with Gasteiger partial charge in [0, 0.05) is 18.3 Å². The van der Waals surface area contributed by atoms with Gasteiger partial charge in [0.15, 0.2) is 0 Å². The number of H-pyrrole nitrogens is 1. The Morgan fingerprint density at radius 1 is 1.33 bits per heavy atom. The molecule has 18 heavy (non-hydrogen) atoms. The summed E-state index contributed by atoms with van der Waals surface area (Å²) in [6.07, 6.45) is 2.84. The van der Waals surface area contributed by atoms with Gasteiger partial charge in [-0.25, -0.2) is 4.98 Å². The monoisotopic (exact) mass is 245 g/mol. The second kappa shape index (κ2) is 5.13. The zero-order valence-electron chi connectivity index (χ0n) is 9.64. The minimum absolute atomic E-state index is 0.252. The van der Waals surface area contributed by atoms with Crippen LogP contribution in [0.5, 0.6) is 5.88 Å². The van der Waals surface area contributed by atoms with Gasteiger partial charge >= 0.3 is 0 Å². The van der Waals surface area contributed by atoms with Gasteiger partial charge in [-0.1, -0.05) is 0 Å². The lowest BCUT2D eigenvalue weighted by molar-refractivity contribution is 0.102. The molecule has 2 aromatic heterocycles. The molecule has 0 radical (unpaired) electrons. The molecule has 2 heterocycles. The van der Waals surface area contributed by atoms with Crippen LogP contribution >= 0.6 is 0 Å². The predicted octanol–water partition coefficient (Wildman–Crippen LogP) is 1.03. The van der Waals surface area contributed by atoms with E-state index in [1.54, 1.807) is 12.1 Å². The largest absolute Gasteiger partial charge is 0.481 e. The standard InChI is InChI=1S/C12H11N3O3/c1-18-11-5-3-9(7-14-11)15-12(17)8-2-4-10(16)13-6-8/h2-7H,1H3,(H,13,16)(H,15,17). The summed E-state index contributed by atoms with van der Waals surface area (Å²) in [5.41, 5.74) is 0.662. The first-order valence-corrected chi connectivity index (χ1v) is 5.19. The van der Waals surface area contributed by atoms with Crippen LogP contribution in [0.4, 0.5) is 5.69 Å². The molecule has 2 aromatic rings. The molecule has 0 saturated heterocycles. The van der Waals surface area contributed by atoms with Crippen LogP contribution in [-0.2, 0) is 0 Å². The van der Waals surface area contributed by atoms with Gasteiger partial charge in [-0.2, -0.15) is 0 Å². The minimum atomic E-state index is -0.321. The Bertz CT molecular complexity index is 584. The topological polar surface area (TPSA) is 84.1 Å². The van der Waals surface area contributed by atoms with Gasteiger partial charge in [0.1, 0.15) is 0 Å². The normalized spacial score (nSPS) is 9.83. The number of carbonyl (C=O) groups is 1. The zero-order valence-corrected chi connectivity index (χ0v) is 9.64. The van der Waals surface area contributed by atoms with Crippen LogP contribution in [0.2, 0.25) is 0 Å². The van der Waals surface area contributed by atoms with E-state index in [1.165, 1.54) is 31.6 Å². The summed E-state index contributed by atoms with van der Waals surface area (Å²) in [7, 11) is 1.51. The molecule has 0 aliphatic carbocycles. The molecule has 2 rings (SSSR count). The SMILES string of the molecule is COc1ccc(NC(=O)c2ccc(=O)[nH]c2)cn1. The maximum atomic E-state index is 11.8. The van der Waals surface area contributed by atoms with Crippen molar-refractivity contribution >= 4 is 11.6 Å². The molecule has 0 aliphatic heterocycles. The number of nitrogens with one attached hydrogen (secondary N) is 2. The first-order chi connectivity index (χ1) is 8.69.